The zero-order valence-electron chi connectivity index (χ0n) is 11.1. The molecule has 7 heteroatoms. The molecule has 0 N–H and O–H groups in total. The first-order chi connectivity index (χ1) is 8.92. The molecular formula is C12H16O7. The van der Waals surface area contributed by atoms with Crippen LogP contribution in [0.1, 0.15) is 19.3 Å². The minimum absolute atomic E-state index is 0.0291. The lowest BCUT2D eigenvalue weighted by Gasteiger charge is -2.34. The molecule has 0 unspecified atom stereocenters. The molecule has 1 atom stereocenters. The summed E-state index contributed by atoms with van der Waals surface area (Å²) in [5, 5.41) is 0. The fraction of sp³-hybridized carbons (Fsp3) is 0.667. The summed E-state index contributed by atoms with van der Waals surface area (Å²) in [6, 6.07) is 0. The van der Waals surface area contributed by atoms with Crippen molar-refractivity contribution in [1.29, 1.82) is 0 Å². The van der Waals surface area contributed by atoms with E-state index in [0.717, 1.165) is 21.3 Å². The summed E-state index contributed by atoms with van der Waals surface area (Å²) in [4.78, 5) is 47.0. The van der Waals surface area contributed by atoms with Crippen LogP contribution in [-0.4, -0.2) is 45.0 Å². The Labute approximate surface area is 110 Å². The Bertz CT molecular complexity index is 388. The molecule has 1 fully saturated rings. The molecule has 19 heavy (non-hydrogen) atoms. The van der Waals surface area contributed by atoms with Crippen molar-refractivity contribution in [3.05, 3.63) is 0 Å². The van der Waals surface area contributed by atoms with Crippen LogP contribution in [0.3, 0.4) is 0 Å². The number of hydrogen-bond donors (Lipinski definition) is 0. The number of ether oxygens (including phenoxy) is 3. The van der Waals surface area contributed by atoms with E-state index in [1.54, 1.807) is 0 Å². The predicted octanol–water partition coefficient (Wildman–Crippen LogP) is -0.139. The van der Waals surface area contributed by atoms with Crippen molar-refractivity contribution in [2.75, 3.05) is 21.3 Å². The fourth-order valence-electron chi connectivity index (χ4n) is 2.28. The second-order valence-corrected chi connectivity index (χ2v) is 4.31. The summed E-state index contributed by atoms with van der Waals surface area (Å²) >= 11 is 0. The van der Waals surface area contributed by atoms with Gasteiger partial charge in [-0.05, 0) is 12.8 Å². The van der Waals surface area contributed by atoms with Crippen LogP contribution >= 0.6 is 0 Å². The highest BCUT2D eigenvalue weighted by Crippen LogP contribution is 2.40. The van der Waals surface area contributed by atoms with Gasteiger partial charge in [-0.1, -0.05) is 0 Å². The Morgan fingerprint density at radius 1 is 1.05 bits per heavy atom. The van der Waals surface area contributed by atoms with E-state index in [1.807, 2.05) is 0 Å². The van der Waals surface area contributed by atoms with Crippen molar-refractivity contribution in [1.82, 2.24) is 0 Å². The van der Waals surface area contributed by atoms with Crippen LogP contribution in [0.15, 0.2) is 0 Å². The summed E-state index contributed by atoms with van der Waals surface area (Å²) in [6.07, 6.45) is -0.388. The summed E-state index contributed by atoms with van der Waals surface area (Å²) in [5.74, 6) is -3.87. The molecule has 0 aromatic carbocycles. The van der Waals surface area contributed by atoms with E-state index in [2.05, 4.69) is 14.2 Å². The first kappa shape index (κ1) is 15.1. The third-order valence-electron chi connectivity index (χ3n) is 3.38. The molecular weight excluding hydrogens is 256 g/mol. The van der Waals surface area contributed by atoms with Gasteiger partial charge in [0.2, 0.25) is 0 Å². The monoisotopic (exact) mass is 272 g/mol. The third-order valence-corrected chi connectivity index (χ3v) is 3.38. The smallest absolute Gasteiger partial charge is 0.323 e. The number of ketones is 1. The van der Waals surface area contributed by atoms with Gasteiger partial charge in [-0.2, -0.15) is 0 Å². The van der Waals surface area contributed by atoms with Gasteiger partial charge in [0.25, 0.3) is 0 Å². The Hall–Kier alpha value is -1.92. The minimum atomic E-state index is -1.61. The number of esters is 3. The molecule has 7 nitrogen and oxygen atoms in total. The number of Topliss-reactive ketones (excluding diaryl/α,β-unsaturated/α-hetero) is 1. The number of rotatable bonds is 3. The Balaban J connectivity index is 3.13. The van der Waals surface area contributed by atoms with Crippen LogP contribution in [-0.2, 0) is 33.4 Å². The van der Waals surface area contributed by atoms with E-state index in [1.165, 1.54) is 0 Å². The quantitative estimate of drug-likeness (QED) is 0.401. The van der Waals surface area contributed by atoms with Crippen LogP contribution in [0.5, 0.6) is 0 Å². The van der Waals surface area contributed by atoms with E-state index >= 15 is 0 Å². The summed E-state index contributed by atoms with van der Waals surface area (Å²) < 4.78 is 13.7. The third kappa shape index (κ3) is 2.59. The van der Waals surface area contributed by atoms with Crippen LogP contribution in [0.4, 0.5) is 0 Å². The summed E-state index contributed by atoms with van der Waals surface area (Å²) in [6.45, 7) is 0. The molecule has 1 rings (SSSR count). The minimum Gasteiger partial charge on any atom is -0.468 e. The van der Waals surface area contributed by atoms with Crippen LogP contribution in [0.2, 0.25) is 0 Å². The Morgan fingerprint density at radius 3 is 2.00 bits per heavy atom. The predicted molar refractivity (Wildman–Crippen MR) is 60.8 cm³/mol. The lowest BCUT2D eigenvalue weighted by Crippen LogP contribution is -2.49. The molecule has 0 aromatic heterocycles. The van der Waals surface area contributed by atoms with Gasteiger partial charge in [0.1, 0.15) is 11.7 Å². The van der Waals surface area contributed by atoms with Crippen LogP contribution in [0, 0.1) is 11.3 Å². The maximum Gasteiger partial charge on any atom is 0.323 e. The molecule has 0 spiro atoms. The Morgan fingerprint density at radius 2 is 1.58 bits per heavy atom. The molecule has 0 saturated heterocycles. The van der Waals surface area contributed by atoms with E-state index in [-0.39, 0.29) is 25.0 Å². The highest BCUT2D eigenvalue weighted by atomic mass is 16.5. The average Bonchev–Trinajstić information content (AvgIpc) is 2.45. The second-order valence-electron chi connectivity index (χ2n) is 4.31. The second kappa shape index (κ2) is 5.81. The highest BCUT2D eigenvalue weighted by Gasteiger charge is 2.55. The maximum atomic E-state index is 11.9. The molecule has 0 heterocycles. The SMILES string of the molecule is COC(=O)[C@H]1CC(C(=O)OC)(C(=O)OC)CCC1=O. The molecule has 0 amide bonds. The Kier molecular flexibility index (Phi) is 4.63. The lowest BCUT2D eigenvalue weighted by molar-refractivity contribution is -0.175. The normalized spacial score (nSPS) is 21.4. The highest BCUT2D eigenvalue weighted by molar-refractivity contribution is 6.06. The maximum absolute atomic E-state index is 11.9. The van der Waals surface area contributed by atoms with E-state index in [4.69, 9.17) is 0 Å². The first-order valence-corrected chi connectivity index (χ1v) is 5.70. The first-order valence-electron chi connectivity index (χ1n) is 5.70. The topological polar surface area (TPSA) is 96.0 Å². The van der Waals surface area contributed by atoms with Crippen LogP contribution < -0.4 is 0 Å². The van der Waals surface area contributed by atoms with Gasteiger partial charge in [-0.25, -0.2) is 0 Å². The van der Waals surface area contributed by atoms with E-state index < -0.39 is 29.2 Å². The number of carbonyl (C=O) groups excluding carboxylic acids is 4. The van der Waals surface area contributed by atoms with Gasteiger partial charge >= 0.3 is 17.9 Å². The zero-order chi connectivity index (χ0) is 14.6. The van der Waals surface area contributed by atoms with Crippen LogP contribution in [0.25, 0.3) is 0 Å². The van der Waals surface area contributed by atoms with Gasteiger partial charge < -0.3 is 14.2 Å². The van der Waals surface area contributed by atoms with Crippen molar-refractivity contribution >= 4 is 23.7 Å². The average molecular weight is 272 g/mol. The summed E-state index contributed by atoms with van der Waals surface area (Å²) in [7, 11) is 3.41. The number of hydrogen-bond acceptors (Lipinski definition) is 7. The molecule has 1 saturated carbocycles. The van der Waals surface area contributed by atoms with Gasteiger partial charge in [-0.3, -0.25) is 19.2 Å². The molecule has 0 radical (unpaired) electrons. The standard InChI is InChI=1S/C12H16O7/c1-17-9(14)7-6-12(10(15)18-2,11(16)19-3)5-4-8(7)13/h7H,4-6H2,1-3H3/t7-/m0/s1. The van der Waals surface area contributed by atoms with Crippen molar-refractivity contribution < 1.29 is 33.4 Å². The largest absolute Gasteiger partial charge is 0.468 e. The molecule has 0 aliphatic heterocycles. The van der Waals surface area contributed by atoms with Gasteiger partial charge in [0.05, 0.1) is 21.3 Å². The fourth-order valence-corrected chi connectivity index (χ4v) is 2.28. The van der Waals surface area contributed by atoms with Gasteiger partial charge in [0.15, 0.2) is 5.41 Å². The lowest BCUT2D eigenvalue weighted by atomic mass is 9.69. The molecule has 0 bridgehead atoms. The van der Waals surface area contributed by atoms with E-state index in [9.17, 15) is 19.2 Å². The van der Waals surface area contributed by atoms with E-state index in [0.29, 0.717) is 0 Å². The molecule has 106 valence electrons. The molecule has 1 aliphatic rings. The van der Waals surface area contributed by atoms with Gasteiger partial charge in [-0.15, -0.1) is 0 Å². The van der Waals surface area contributed by atoms with Crippen molar-refractivity contribution in [2.45, 2.75) is 19.3 Å². The van der Waals surface area contributed by atoms with Gasteiger partial charge in [0, 0.05) is 6.42 Å². The number of methoxy groups -OCH3 is 3. The van der Waals surface area contributed by atoms with Crippen molar-refractivity contribution in [3.8, 4) is 0 Å². The molecule has 0 aromatic rings. The van der Waals surface area contributed by atoms with Crippen molar-refractivity contribution in [2.24, 2.45) is 11.3 Å². The molecule has 1 aliphatic carbocycles. The summed E-state index contributed by atoms with van der Waals surface area (Å²) in [5.41, 5.74) is -1.61. The number of carbonyl (C=O) groups is 4. The van der Waals surface area contributed by atoms with Crippen molar-refractivity contribution in [3.63, 3.8) is 0 Å². The zero-order valence-corrected chi connectivity index (χ0v) is 11.1.